The van der Waals surface area contributed by atoms with Crippen LogP contribution >= 0.6 is 11.3 Å². The Balaban J connectivity index is 1.50. The molecule has 4 rings (SSSR count). The number of methoxy groups -OCH3 is 1. The lowest BCUT2D eigenvalue weighted by Crippen LogP contribution is -2.30. The molecule has 184 valence electrons. The number of benzene rings is 3. The Kier molecular flexibility index (Phi) is 8.41. The summed E-state index contributed by atoms with van der Waals surface area (Å²) in [4.78, 5) is 39.4. The summed E-state index contributed by atoms with van der Waals surface area (Å²) in [6.45, 7) is 0. The summed E-state index contributed by atoms with van der Waals surface area (Å²) in [5.41, 5.74) is 2.18. The number of carbonyl (C=O) groups is 3. The van der Waals surface area contributed by atoms with Gasteiger partial charge in [0.25, 0.3) is 11.8 Å². The largest absolute Gasteiger partial charge is 0.497 e. The van der Waals surface area contributed by atoms with Gasteiger partial charge >= 0.3 is 0 Å². The van der Waals surface area contributed by atoms with E-state index in [1.165, 1.54) is 6.08 Å². The number of ketones is 1. The zero-order valence-corrected chi connectivity index (χ0v) is 20.8. The van der Waals surface area contributed by atoms with Crippen LogP contribution in [0.1, 0.15) is 31.2 Å². The van der Waals surface area contributed by atoms with Gasteiger partial charge in [0, 0.05) is 21.7 Å². The van der Waals surface area contributed by atoms with Crippen molar-refractivity contribution in [2.45, 2.75) is 0 Å². The van der Waals surface area contributed by atoms with Crippen LogP contribution in [-0.2, 0) is 4.79 Å². The number of rotatable bonds is 9. The SMILES string of the molecule is COc1ccc(/C=C(\NC(=O)c2ccccc2)C(=O)Nc2ccc(C(=O)/C=C/c3cccs3)cc2)cc1. The van der Waals surface area contributed by atoms with Gasteiger partial charge in [-0.1, -0.05) is 36.4 Å². The summed E-state index contributed by atoms with van der Waals surface area (Å²) in [5, 5.41) is 7.44. The molecular weight excluding hydrogens is 484 g/mol. The molecule has 1 aromatic heterocycles. The number of ether oxygens (including phenoxy) is 1. The Morgan fingerprint density at radius 2 is 1.54 bits per heavy atom. The lowest BCUT2D eigenvalue weighted by molar-refractivity contribution is -0.113. The quantitative estimate of drug-likeness (QED) is 0.213. The van der Waals surface area contributed by atoms with E-state index in [0.29, 0.717) is 28.1 Å². The number of carbonyl (C=O) groups excluding carboxylic acids is 3. The molecule has 0 bridgehead atoms. The van der Waals surface area contributed by atoms with Gasteiger partial charge < -0.3 is 15.4 Å². The van der Waals surface area contributed by atoms with Crippen molar-refractivity contribution in [2.24, 2.45) is 0 Å². The molecule has 4 aromatic rings. The van der Waals surface area contributed by atoms with Crippen LogP contribution in [0.5, 0.6) is 5.75 Å². The molecule has 0 aliphatic rings. The Hall–Kier alpha value is -4.75. The molecule has 0 radical (unpaired) electrons. The van der Waals surface area contributed by atoms with Gasteiger partial charge in [-0.15, -0.1) is 11.3 Å². The zero-order valence-electron chi connectivity index (χ0n) is 20.0. The zero-order chi connectivity index (χ0) is 26.0. The molecule has 0 spiro atoms. The van der Waals surface area contributed by atoms with Gasteiger partial charge in [-0.05, 0) is 83.8 Å². The smallest absolute Gasteiger partial charge is 0.272 e. The highest BCUT2D eigenvalue weighted by Crippen LogP contribution is 2.17. The van der Waals surface area contributed by atoms with Crippen molar-refractivity contribution >= 4 is 46.8 Å². The third-order valence-electron chi connectivity index (χ3n) is 5.33. The molecule has 0 atom stereocenters. The monoisotopic (exact) mass is 508 g/mol. The molecule has 7 heteroatoms. The van der Waals surface area contributed by atoms with Crippen LogP contribution in [-0.4, -0.2) is 24.7 Å². The lowest BCUT2D eigenvalue weighted by Gasteiger charge is -2.12. The third kappa shape index (κ3) is 7.13. The molecule has 0 saturated heterocycles. The summed E-state index contributed by atoms with van der Waals surface area (Å²) in [7, 11) is 1.57. The van der Waals surface area contributed by atoms with E-state index in [1.54, 1.807) is 103 Å². The molecule has 0 aliphatic heterocycles. The van der Waals surface area contributed by atoms with Crippen molar-refractivity contribution in [3.63, 3.8) is 0 Å². The van der Waals surface area contributed by atoms with Crippen LogP contribution in [0.15, 0.2) is 108 Å². The highest BCUT2D eigenvalue weighted by Gasteiger charge is 2.15. The van der Waals surface area contributed by atoms with Crippen LogP contribution in [0.25, 0.3) is 12.2 Å². The van der Waals surface area contributed by atoms with E-state index in [9.17, 15) is 14.4 Å². The van der Waals surface area contributed by atoms with Crippen molar-refractivity contribution in [2.75, 3.05) is 12.4 Å². The number of hydrogen-bond donors (Lipinski definition) is 2. The van der Waals surface area contributed by atoms with Gasteiger partial charge in [0.1, 0.15) is 11.4 Å². The Morgan fingerprint density at radius 3 is 2.19 bits per heavy atom. The molecule has 6 nitrogen and oxygen atoms in total. The molecule has 0 saturated carbocycles. The third-order valence-corrected chi connectivity index (χ3v) is 6.16. The van der Waals surface area contributed by atoms with Crippen LogP contribution in [0.3, 0.4) is 0 Å². The minimum Gasteiger partial charge on any atom is -0.497 e. The van der Waals surface area contributed by atoms with E-state index in [2.05, 4.69) is 10.6 Å². The molecule has 2 amide bonds. The second-order valence-electron chi connectivity index (χ2n) is 7.90. The van der Waals surface area contributed by atoms with Crippen molar-refractivity contribution in [1.29, 1.82) is 0 Å². The van der Waals surface area contributed by atoms with E-state index in [1.807, 2.05) is 23.6 Å². The first-order chi connectivity index (χ1) is 18.0. The maximum atomic E-state index is 13.2. The van der Waals surface area contributed by atoms with Crippen molar-refractivity contribution in [1.82, 2.24) is 5.32 Å². The fourth-order valence-corrected chi connectivity index (χ4v) is 3.98. The Morgan fingerprint density at radius 1 is 0.811 bits per heavy atom. The number of thiophene rings is 1. The Labute approximate surface area is 218 Å². The maximum absolute atomic E-state index is 13.2. The first kappa shape index (κ1) is 25.3. The van der Waals surface area contributed by atoms with Crippen molar-refractivity contribution in [3.8, 4) is 5.75 Å². The molecule has 1 heterocycles. The van der Waals surface area contributed by atoms with E-state index in [4.69, 9.17) is 4.74 Å². The second kappa shape index (κ2) is 12.3. The summed E-state index contributed by atoms with van der Waals surface area (Å²) in [5.74, 6) is -0.372. The van der Waals surface area contributed by atoms with Gasteiger partial charge in [0.15, 0.2) is 5.78 Å². The van der Waals surface area contributed by atoms with E-state index in [-0.39, 0.29) is 11.5 Å². The first-order valence-electron chi connectivity index (χ1n) is 11.4. The van der Waals surface area contributed by atoms with Crippen molar-refractivity contribution in [3.05, 3.63) is 130 Å². The topological polar surface area (TPSA) is 84.5 Å². The summed E-state index contributed by atoms with van der Waals surface area (Å²) in [6, 6.07) is 26.2. The summed E-state index contributed by atoms with van der Waals surface area (Å²) < 4.78 is 5.19. The predicted octanol–water partition coefficient (Wildman–Crippen LogP) is 6.06. The highest BCUT2D eigenvalue weighted by molar-refractivity contribution is 7.10. The van der Waals surface area contributed by atoms with Gasteiger partial charge in [0.2, 0.25) is 0 Å². The number of anilines is 1. The maximum Gasteiger partial charge on any atom is 0.272 e. The average molecular weight is 509 g/mol. The molecule has 37 heavy (non-hydrogen) atoms. The van der Waals surface area contributed by atoms with Crippen LogP contribution in [0, 0.1) is 0 Å². The number of allylic oxidation sites excluding steroid dienone is 1. The van der Waals surface area contributed by atoms with Crippen LogP contribution < -0.4 is 15.4 Å². The van der Waals surface area contributed by atoms with E-state index >= 15 is 0 Å². The fraction of sp³-hybridized carbons (Fsp3) is 0.0333. The van der Waals surface area contributed by atoms with Gasteiger partial charge in [-0.25, -0.2) is 0 Å². The minimum absolute atomic E-state index is 0.0676. The average Bonchev–Trinajstić information content (AvgIpc) is 3.46. The standard InChI is InChI=1S/C30H24N2O4S/c1-36-25-15-9-21(10-16-25)20-27(32-29(34)23-6-3-2-4-7-23)30(35)31-24-13-11-22(12-14-24)28(33)18-17-26-8-5-19-37-26/h2-20H,1H3,(H,31,35)(H,32,34)/b18-17+,27-20-. The normalized spacial score (nSPS) is 11.2. The van der Waals surface area contributed by atoms with Gasteiger partial charge in [0.05, 0.1) is 7.11 Å². The fourth-order valence-electron chi connectivity index (χ4n) is 3.37. The molecular formula is C30H24N2O4S. The molecule has 3 aromatic carbocycles. The number of hydrogen-bond acceptors (Lipinski definition) is 5. The minimum atomic E-state index is -0.503. The number of nitrogens with one attached hydrogen (secondary N) is 2. The predicted molar refractivity (Wildman–Crippen MR) is 148 cm³/mol. The van der Waals surface area contributed by atoms with Gasteiger partial charge in [-0.3, -0.25) is 14.4 Å². The summed E-state index contributed by atoms with van der Waals surface area (Å²) in [6.07, 6.45) is 4.88. The van der Waals surface area contributed by atoms with Crippen LogP contribution in [0.4, 0.5) is 5.69 Å². The van der Waals surface area contributed by atoms with Gasteiger partial charge in [-0.2, -0.15) is 0 Å². The van der Waals surface area contributed by atoms with E-state index < -0.39 is 11.8 Å². The summed E-state index contributed by atoms with van der Waals surface area (Å²) >= 11 is 1.55. The molecule has 2 N–H and O–H groups in total. The Bertz CT molecular complexity index is 1420. The van der Waals surface area contributed by atoms with Crippen LogP contribution in [0.2, 0.25) is 0 Å². The molecule has 0 unspecified atom stereocenters. The van der Waals surface area contributed by atoms with E-state index in [0.717, 1.165) is 4.88 Å². The highest BCUT2D eigenvalue weighted by atomic mass is 32.1. The number of amides is 2. The molecule has 0 aliphatic carbocycles. The van der Waals surface area contributed by atoms with Crippen molar-refractivity contribution < 1.29 is 19.1 Å². The second-order valence-corrected chi connectivity index (χ2v) is 8.88. The first-order valence-corrected chi connectivity index (χ1v) is 12.3. The lowest BCUT2D eigenvalue weighted by atomic mass is 10.1. The molecule has 0 fully saturated rings.